The number of nitrogens with zero attached hydrogens (tertiary/aromatic N) is 2. The van der Waals surface area contributed by atoms with E-state index in [-0.39, 0.29) is 11.6 Å². The number of benzene rings is 3. The summed E-state index contributed by atoms with van der Waals surface area (Å²) < 4.78 is 7.04. The summed E-state index contributed by atoms with van der Waals surface area (Å²) in [6.07, 6.45) is 1.71. The van der Waals surface area contributed by atoms with Crippen LogP contribution in [0.15, 0.2) is 77.7 Å². The van der Waals surface area contributed by atoms with Crippen molar-refractivity contribution in [2.24, 2.45) is 0 Å². The molecule has 3 N–H and O–H groups in total. The van der Waals surface area contributed by atoms with E-state index in [1.807, 2.05) is 55.5 Å². The fraction of sp³-hybridized carbons (Fsp3) is 0.0800. The number of aromatic amines is 2. The molecule has 2 aromatic heterocycles. The minimum absolute atomic E-state index is 0.298. The summed E-state index contributed by atoms with van der Waals surface area (Å²) >= 11 is 0. The number of methoxy groups -OCH3 is 1. The van der Waals surface area contributed by atoms with Crippen LogP contribution in [0.5, 0.6) is 5.75 Å². The van der Waals surface area contributed by atoms with Crippen LogP contribution in [-0.4, -0.2) is 32.8 Å². The van der Waals surface area contributed by atoms with Crippen LogP contribution in [0.3, 0.4) is 0 Å². The molecule has 164 valence electrons. The van der Waals surface area contributed by atoms with E-state index in [9.17, 15) is 9.59 Å². The van der Waals surface area contributed by atoms with Gasteiger partial charge in [0.25, 0.3) is 5.91 Å². The van der Waals surface area contributed by atoms with Crippen LogP contribution >= 0.6 is 0 Å². The molecule has 0 atom stereocenters. The van der Waals surface area contributed by atoms with Crippen molar-refractivity contribution in [1.82, 2.24) is 19.7 Å². The van der Waals surface area contributed by atoms with E-state index in [2.05, 4.69) is 15.3 Å². The Balaban J connectivity index is 1.56. The molecule has 8 heteroatoms. The Labute approximate surface area is 188 Å². The average molecular weight is 439 g/mol. The molecule has 0 unspecified atom stereocenters. The lowest BCUT2D eigenvalue weighted by Crippen LogP contribution is -2.12. The second-order valence-electron chi connectivity index (χ2n) is 7.70. The number of imidazole rings is 1. The Morgan fingerprint density at radius 1 is 1.00 bits per heavy atom. The number of aromatic nitrogens is 4. The molecule has 5 aromatic rings. The van der Waals surface area contributed by atoms with Crippen molar-refractivity contribution in [3.63, 3.8) is 0 Å². The summed E-state index contributed by atoms with van der Waals surface area (Å²) in [5, 5.41) is 7.63. The summed E-state index contributed by atoms with van der Waals surface area (Å²) in [5.41, 5.74) is 5.22. The lowest BCUT2D eigenvalue weighted by atomic mass is 10.1. The standard InChI is InChI=1S/C25H21N5O3/c1-15-6-9-18(10-7-15)30-14-20(23(29-30)16-4-3-5-19(12-16)33-2)24(31)26-17-8-11-21-22(13-17)28-25(32)27-21/h3-14H,1-2H3,(H,26,31)(H2,27,28,32). The number of hydrogen-bond acceptors (Lipinski definition) is 4. The highest BCUT2D eigenvalue weighted by Gasteiger charge is 2.19. The van der Waals surface area contributed by atoms with Gasteiger partial charge in [0.15, 0.2) is 0 Å². The maximum Gasteiger partial charge on any atom is 0.323 e. The van der Waals surface area contributed by atoms with Crippen LogP contribution in [0.4, 0.5) is 5.69 Å². The summed E-state index contributed by atoms with van der Waals surface area (Å²) in [7, 11) is 1.60. The number of anilines is 1. The SMILES string of the molecule is COc1cccc(-c2nn(-c3ccc(C)cc3)cc2C(=O)Nc2ccc3[nH]c(=O)[nH]c3c2)c1. The second kappa shape index (κ2) is 8.16. The first-order valence-corrected chi connectivity index (χ1v) is 10.3. The first-order valence-electron chi connectivity index (χ1n) is 10.3. The Bertz CT molecular complexity index is 1530. The molecule has 0 aliphatic heterocycles. The number of H-pyrrole nitrogens is 2. The Morgan fingerprint density at radius 3 is 2.58 bits per heavy atom. The first kappa shape index (κ1) is 20.3. The first-order chi connectivity index (χ1) is 16.0. The van der Waals surface area contributed by atoms with Crippen LogP contribution in [0.1, 0.15) is 15.9 Å². The molecule has 5 rings (SSSR count). The van der Waals surface area contributed by atoms with Crippen molar-refractivity contribution in [2.75, 3.05) is 12.4 Å². The summed E-state index contributed by atoms with van der Waals surface area (Å²) in [4.78, 5) is 30.3. The molecule has 0 aliphatic rings. The fourth-order valence-corrected chi connectivity index (χ4v) is 3.66. The summed E-state index contributed by atoms with van der Waals surface area (Å²) in [6, 6.07) is 20.5. The molecule has 3 aromatic carbocycles. The molecule has 8 nitrogen and oxygen atoms in total. The minimum atomic E-state index is -0.316. The molecule has 33 heavy (non-hydrogen) atoms. The summed E-state index contributed by atoms with van der Waals surface area (Å²) in [6.45, 7) is 2.02. The van der Waals surface area contributed by atoms with E-state index < -0.39 is 0 Å². The number of hydrogen-bond donors (Lipinski definition) is 3. The molecule has 0 aliphatic carbocycles. The average Bonchev–Trinajstić information content (AvgIpc) is 3.42. The van der Waals surface area contributed by atoms with Gasteiger partial charge >= 0.3 is 5.69 Å². The minimum Gasteiger partial charge on any atom is -0.497 e. The van der Waals surface area contributed by atoms with Crippen molar-refractivity contribution < 1.29 is 9.53 Å². The van der Waals surface area contributed by atoms with Crippen LogP contribution in [-0.2, 0) is 0 Å². The van der Waals surface area contributed by atoms with Crippen molar-refractivity contribution >= 4 is 22.6 Å². The van der Waals surface area contributed by atoms with Crippen molar-refractivity contribution in [1.29, 1.82) is 0 Å². The molecule has 2 heterocycles. The van der Waals surface area contributed by atoms with E-state index in [4.69, 9.17) is 9.84 Å². The summed E-state index contributed by atoms with van der Waals surface area (Å²) in [5.74, 6) is 0.356. The zero-order valence-corrected chi connectivity index (χ0v) is 18.0. The number of nitrogens with one attached hydrogen (secondary N) is 3. The lowest BCUT2D eigenvalue weighted by molar-refractivity contribution is 0.102. The number of ether oxygens (including phenoxy) is 1. The molecule has 0 saturated carbocycles. The molecule has 0 bridgehead atoms. The third-order valence-corrected chi connectivity index (χ3v) is 5.37. The molecule has 0 spiro atoms. The zero-order chi connectivity index (χ0) is 22.9. The van der Waals surface area contributed by atoms with Crippen LogP contribution in [0.2, 0.25) is 0 Å². The van der Waals surface area contributed by atoms with E-state index in [1.54, 1.807) is 36.2 Å². The smallest absolute Gasteiger partial charge is 0.323 e. The number of amides is 1. The number of rotatable bonds is 5. The van der Waals surface area contributed by atoms with Gasteiger partial charge < -0.3 is 20.0 Å². The van der Waals surface area contributed by atoms with Gasteiger partial charge in [-0.25, -0.2) is 9.48 Å². The maximum atomic E-state index is 13.3. The Morgan fingerprint density at radius 2 is 1.79 bits per heavy atom. The molecular formula is C25H21N5O3. The number of fused-ring (bicyclic) bond motifs is 1. The quantitative estimate of drug-likeness (QED) is 0.380. The zero-order valence-electron chi connectivity index (χ0n) is 18.0. The number of aryl methyl sites for hydroxylation is 1. The Hall–Kier alpha value is -4.59. The van der Waals surface area contributed by atoms with Crippen LogP contribution < -0.4 is 15.7 Å². The van der Waals surface area contributed by atoms with Gasteiger partial charge in [0.2, 0.25) is 0 Å². The van der Waals surface area contributed by atoms with Gasteiger partial charge in [-0.05, 0) is 49.4 Å². The largest absolute Gasteiger partial charge is 0.497 e. The fourth-order valence-electron chi connectivity index (χ4n) is 3.66. The van der Waals surface area contributed by atoms with Crippen molar-refractivity contribution in [2.45, 2.75) is 6.92 Å². The van der Waals surface area contributed by atoms with Gasteiger partial charge in [0.1, 0.15) is 11.4 Å². The number of carbonyl (C=O) groups is 1. The normalized spacial score (nSPS) is 11.0. The van der Waals surface area contributed by atoms with Gasteiger partial charge in [-0.15, -0.1) is 0 Å². The van der Waals surface area contributed by atoms with Crippen molar-refractivity contribution in [3.05, 3.63) is 94.5 Å². The Kier molecular flexibility index (Phi) is 5.02. The predicted molar refractivity (Wildman–Crippen MR) is 127 cm³/mol. The lowest BCUT2D eigenvalue weighted by Gasteiger charge is -2.07. The second-order valence-corrected chi connectivity index (χ2v) is 7.70. The highest BCUT2D eigenvalue weighted by molar-refractivity contribution is 6.08. The third kappa shape index (κ3) is 4.01. The predicted octanol–water partition coefficient (Wildman–Crippen LogP) is 4.28. The third-order valence-electron chi connectivity index (χ3n) is 5.37. The van der Waals surface area contributed by atoms with Gasteiger partial charge in [-0.1, -0.05) is 29.8 Å². The molecule has 0 fully saturated rings. The van der Waals surface area contributed by atoms with Gasteiger partial charge in [0, 0.05) is 17.4 Å². The molecule has 0 radical (unpaired) electrons. The monoisotopic (exact) mass is 439 g/mol. The highest BCUT2D eigenvalue weighted by atomic mass is 16.5. The van der Waals surface area contributed by atoms with Gasteiger partial charge in [-0.3, -0.25) is 4.79 Å². The van der Waals surface area contributed by atoms with Gasteiger partial charge in [-0.2, -0.15) is 5.10 Å². The maximum absolute atomic E-state index is 13.3. The van der Waals surface area contributed by atoms with Crippen molar-refractivity contribution in [3.8, 4) is 22.7 Å². The van der Waals surface area contributed by atoms with Crippen LogP contribution in [0.25, 0.3) is 28.0 Å². The van der Waals surface area contributed by atoms with E-state index in [0.717, 1.165) is 16.8 Å². The topological polar surface area (TPSA) is 105 Å². The van der Waals surface area contributed by atoms with Gasteiger partial charge in [0.05, 0.1) is 29.4 Å². The van der Waals surface area contributed by atoms with Crippen LogP contribution in [0, 0.1) is 6.92 Å². The highest BCUT2D eigenvalue weighted by Crippen LogP contribution is 2.28. The van der Waals surface area contributed by atoms with E-state index in [0.29, 0.717) is 33.7 Å². The molecule has 1 amide bonds. The van der Waals surface area contributed by atoms with E-state index >= 15 is 0 Å². The molecular weight excluding hydrogens is 418 g/mol. The molecule has 0 saturated heterocycles. The van der Waals surface area contributed by atoms with E-state index in [1.165, 1.54) is 0 Å². The number of carbonyl (C=O) groups excluding carboxylic acids is 1.